The first kappa shape index (κ1) is 38.9. The van der Waals surface area contributed by atoms with Crippen LogP contribution in [-0.4, -0.2) is 4.98 Å². The lowest BCUT2D eigenvalue weighted by Gasteiger charge is -2.32. The van der Waals surface area contributed by atoms with Gasteiger partial charge in [0, 0.05) is 32.7 Å². The van der Waals surface area contributed by atoms with Gasteiger partial charge in [-0.2, -0.15) is 0 Å². The Balaban J connectivity index is 1.20. The highest BCUT2D eigenvalue weighted by molar-refractivity contribution is 7.99. The van der Waals surface area contributed by atoms with Crippen LogP contribution in [0.1, 0.15) is 52.7 Å². The first-order valence-electron chi connectivity index (χ1n) is 20.5. The molecule has 1 aromatic heterocycles. The lowest BCUT2D eigenvalue weighted by molar-refractivity contribution is 0.460. The molecule has 0 saturated heterocycles. The number of ether oxygens (including phenoxy) is 2. The van der Waals surface area contributed by atoms with Crippen LogP contribution in [0, 0.1) is 0 Å². The van der Waals surface area contributed by atoms with Crippen molar-refractivity contribution in [1.82, 2.24) is 4.98 Å². The highest BCUT2D eigenvalue weighted by atomic mass is 32.2. The summed E-state index contributed by atoms with van der Waals surface area (Å²) in [5.41, 5.74) is 11.8. The summed E-state index contributed by atoms with van der Waals surface area (Å²) < 4.78 is 12.9. The van der Waals surface area contributed by atoms with Crippen molar-refractivity contribution in [1.29, 1.82) is 0 Å². The number of fused-ring (bicyclic) bond motifs is 2. The molecule has 0 spiro atoms. The molecule has 0 atom stereocenters. The summed E-state index contributed by atoms with van der Waals surface area (Å²) in [5, 5.41) is 0. The summed E-state index contributed by atoms with van der Waals surface area (Å²) in [6.07, 6.45) is 0. The topological polar surface area (TPSA) is 34.6 Å². The van der Waals surface area contributed by atoms with Gasteiger partial charge in [-0.1, -0.05) is 144 Å². The highest BCUT2D eigenvalue weighted by Gasteiger charge is 2.25. The Kier molecular flexibility index (Phi) is 10.3. The van der Waals surface area contributed by atoms with Crippen molar-refractivity contribution >= 4 is 28.8 Å². The number of rotatable bonds is 8. The Hall–Kier alpha value is -6.56. The van der Waals surface area contributed by atoms with Gasteiger partial charge in [-0.15, -0.1) is 0 Å². The molecule has 0 fully saturated rings. The van der Waals surface area contributed by atoms with Crippen LogP contribution < -0.4 is 14.4 Å². The van der Waals surface area contributed by atoms with Crippen LogP contribution in [0.5, 0.6) is 23.0 Å². The average molecular weight is 801 g/mol. The molecule has 0 amide bonds. The molecule has 7 aromatic carbocycles. The number of aromatic nitrogens is 1. The van der Waals surface area contributed by atoms with Crippen molar-refractivity contribution in [2.24, 2.45) is 0 Å². The van der Waals surface area contributed by atoms with Gasteiger partial charge < -0.3 is 14.4 Å². The summed E-state index contributed by atoms with van der Waals surface area (Å²) >= 11 is 1.82. The van der Waals surface area contributed by atoms with Gasteiger partial charge in [-0.05, 0) is 118 Å². The number of hydrogen-bond donors (Lipinski definition) is 0. The number of benzene rings is 7. The molecule has 1 aliphatic rings. The molecule has 9 rings (SSSR count). The third kappa shape index (κ3) is 8.32. The zero-order chi connectivity index (χ0) is 41.4. The minimum absolute atomic E-state index is 0.0402. The second-order valence-electron chi connectivity index (χ2n) is 17.4. The van der Waals surface area contributed by atoms with Crippen molar-refractivity contribution in [2.75, 3.05) is 4.90 Å². The molecule has 5 heteroatoms. The maximum atomic E-state index is 6.46. The molecular weight excluding hydrogens is 753 g/mol. The Morgan fingerprint density at radius 1 is 0.400 bits per heavy atom. The minimum atomic E-state index is -0.0402. The van der Waals surface area contributed by atoms with E-state index >= 15 is 0 Å². The van der Waals surface area contributed by atoms with E-state index in [9.17, 15) is 0 Å². The largest absolute Gasteiger partial charge is 0.457 e. The predicted molar refractivity (Wildman–Crippen MR) is 250 cm³/mol. The summed E-state index contributed by atoms with van der Waals surface area (Å²) in [6, 6.07) is 63.3. The molecule has 0 bridgehead atoms. The van der Waals surface area contributed by atoms with E-state index in [-0.39, 0.29) is 10.8 Å². The fourth-order valence-electron chi connectivity index (χ4n) is 7.50. The first-order valence-corrected chi connectivity index (χ1v) is 21.3. The fraction of sp³-hybridized carbons (Fsp3) is 0.145. The third-order valence-corrected chi connectivity index (χ3v) is 11.9. The molecule has 296 valence electrons. The SMILES string of the molecule is CC(C)(C)c1cc(-c2cc(-c3ccc(N4c5ccccc5Sc5ccccc54)cc3)nc(-c3cc(Oc4ccccc4)cc(Oc4ccccc4)c3)c2)cc(C(C)(C)C)c1. The number of anilines is 3. The molecular formula is C55H48N2O2S. The van der Waals surface area contributed by atoms with Gasteiger partial charge in [0.05, 0.1) is 22.8 Å². The Morgan fingerprint density at radius 2 is 0.850 bits per heavy atom. The Morgan fingerprint density at radius 3 is 1.35 bits per heavy atom. The van der Waals surface area contributed by atoms with Gasteiger partial charge in [0.1, 0.15) is 23.0 Å². The number of hydrogen-bond acceptors (Lipinski definition) is 5. The molecule has 0 radical (unpaired) electrons. The lowest BCUT2D eigenvalue weighted by Crippen LogP contribution is -2.16. The maximum Gasteiger partial charge on any atom is 0.131 e. The second-order valence-corrected chi connectivity index (χ2v) is 18.5. The number of pyridine rings is 1. The normalized spacial score (nSPS) is 12.4. The van der Waals surface area contributed by atoms with Crippen LogP contribution >= 0.6 is 11.8 Å². The van der Waals surface area contributed by atoms with E-state index < -0.39 is 0 Å². The summed E-state index contributed by atoms with van der Waals surface area (Å²) in [5.74, 6) is 2.81. The van der Waals surface area contributed by atoms with Crippen molar-refractivity contribution < 1.29 is 9.47 Å². The lowest BCUT2D eigenvalue weighted by atomic mass is 9.79. The van der Waals surface area contributed by atoms with Gasteiger partial charge >= 0.3 is 0 Å². The van der Waals surface area contributed by atoms with E-state index in [1.54, 1.807) is 0 Å². The first-order chi connectivity index (χ1) is 28.9. The van der Waals surface area contributed by atoms with Crippen molar-refractivity contribution in [2.45, 2.75) is 62.2 Å². The van der Waals surface area contributed by atoms with Crippen LogP contribution in [0.4, 0.5) is 17.1 Å². The summed E-state index contributed by atoms with van der Waals surface area (Å²) in [6.45, 7) is 13.7. The van der Waals surface area contributed by atoms with Gasteiger partial charge in [-0.25, -0.2) is 4.98 Å². The number of nitrogens with zero attached hydrogens (tertiary/aromatic N) is 2. The third-order valence-electron chi connectivity index (χ3n) is 10.8. The standard InChI is InChI=1S/C55H48N2O2S/c1-54(2,3)41-29-38(30-42(35-41)55(4,5)6)39-33-48(37-25-27-43(28-26-37)57-50-21-13-15-23-52(50)60-53-24-16-14-22-51(53)57)56-49(34-39)40-31-46(58-44-17-9-7-10-18-44)36-47(32-40)59-45-19-11-8-12-20-45/h7-36H,1-6H3. The van der Waals surface area contributed by atoms with Crippen LogP contribution in [0.3, 0.4) is 0 Å². The van der Waals surface area contributed by atoms with Crippen molar-refractivity contribution in [3.05, 3.63) is 193 Å². The van der Waals surface area contributed by atoms with Crippen LogP contribution in [0.2, 0.25) is 0 Å². The Labute approximate surface area is 358 Å². The molecule has 60 heavy (non-hydrogen) atoms. The van der Waals surface area contributed by atoms with Gasteiger partial charge in [-0.3, -0.25) is 0 Å². The quantitative estimate of drug-likeness (QED) is 0.153. The van der Waals surface area contributed by atoms with E-state index in [0.717, 1.165) is 50.8 Å². The molecule has 1 aliphatic heterocycles. The monoisotopic (exact) mass is 800 g/mol. The van der Waals surface area contributed by atoms with Gasteiger partial charge in [0.25, 0.3) is 0 Å². The molecule has 0 aliphatic carbocycles. The van der Waals surface area contributed by atoms with Gasteiger partial charge in [0.2, 0.25) is 0 Å². The summed E-state index contributed by atoms with van der Waals surface area (Å²) in [7, 11) is 0. The van der Waals surface area contributed by atoms with E-state index in [2.05, 4.69) is 162 Å². The van der Waals surface area contributed by atoms with E-state index in [0.29, 0.717) is 11.5 Å². The van der Waals surface area contributed by atoms with Crippen LogP contribution in [0.25, 0.3) is 33.6 Å². The van der Waals surface area contributed by atoms with Crippen molar-refractivity contribution in [3.63, 3.8) is 0 Å². The minimum Gasteiger partial charge on any atom is -0.457 e. The smallest absolute Gasteiger partial charge is 0.131 e. The average Bonchev–Trinajstić information content (AvgIpc) is 3.25. The Bertz CT molecular complexity index is 2670. The van der Waals surface area contributed by atoms with Crippen LogP contribution in [-0.2, 0) is 10.8 Å². The predicted octanol–water partition coefficient (Wildman–Crippen LogP) is 16.2. The molecule has 4 nitrogen and oxygen atoms in total. The zero-order valence-corrected chi connectivity index (χ0v) is 35.8. The van der Waals surface area contributed by atoms with E-state index in [4.69, 9.17) is 14.5 Å². The van der Waals surface area contributed by atoms with Gasteiger partial charge in [0.15, 0.2) is 0 Å². The molecule has 0 saturated carbocycles. The summed E-state index contributed by atoms with van der Waals surface area (Å²) in [4.78, 5) is 10.3. The van der Waals surface area contributed by atoms with E-state index in [1.165, 1.54) is 32.3 Å². The maximum absolute atomic E-state index is 6.46. The molecule has 0 N–H and O–H groups in total. The second kappa shape index (κ2) is 15.9. The van der Waals surface area contributed by atoms with Crippen molar-refractivity contribution in [3.8, 4) is 56.6 Å². The highest BCUT2D eigenvalue weighted by Crippen LogP contribution is 2.51. The fourth-order valence-corrected chi connectivity index (χ4v) is 8.56. The van der Waals surface area contributed by atoms with Crippen LogP contribution in [0.15, 0.2) is 192 Å². The number of para-hydroxylation sites is 4. The van der Waals surface area contributed by atoms with E-state index in [1.807, 2.05) is 78.5 Å². The molecule has 0 unspecified atom stereocenters. The molecule has 2 heterocycles. The zero-order valence-electron chi connectivity index (χ0n) is 34.9. The molecule has 8 aromatic rings.